The van der Waals surface area contributed by atoms with Gasteiger partial charge in [0.15, 0.2) is 0 Å². The number of fused-ring (bicyclic) bond motifs is 1. The highest BCUT2D eigenvalue weighted by Gasteiger charge is 2.38. The quantitative estimate of drug-likeness (QED) is 0.184. The molecule has 2 aromatic carbocycles. The first-order chi connectivity index (χ1) is 20.7. The van der Waals surface area contributed by atoms with Crippen LogP contribution in [0.4, 0.5) is 33.3 Å². The van der Waals surface area contributed by atoms with Gasteiger partial charge in [0, 0.05) is 49.5 Å². The number of pyridine rings is 2. The van der Waals surface area contributed by atoms with Gasteiger partial charge < -0.3 is 20.6 Å². The van der Waals surface area contributed by atoms with Crippen molar-refractivity contribution in [3.63, 3.8) is 0 Å². The summed E-state index contributed by atoms with van der Waals surface area (Å²) >= 11 is 0. The normalized spacial score (nSPS) is 12.9. The van der Waals surface area contributed by atoms with Crippen LogP contribution < -0.4 is 15.5 Å². The van der Waals surface area contributed by atoms with Gasteiger partial charge in [-0.15, -0.1) is 0 Å². The third kappa shape index (κ3) is 6.87. The number of carboxylic acids is 1. The van der Waals surface area contributed by atoms with Crippen molar-refractivity contribution in [2.75, 3.05) is 24.3 Å². The average Bonchev–Trinajstić information content (AvgIpc) is 2.94. The Labute approximate surface area is 249 Å². The molecule has 2 heterocycles. The molecule has 0 aliphatic carbocycles. The van der Waals surface area contributed by atoms with E-state index in [0.717, 1.165) is 11.3 Å². The second kappa shape index (κ2) is 12.8. The standard InChI is InChI=1S/C31H30F5N5O3/c1-5-25(31(34,35)36)39-18-13-21(32)26(22(33)14-18)29(42)40-23(30(43)44)12-17-8-9-20(27-19(17)7-6-10-37-27)28-24(41(3)4)11-16(2)15-38-28/h6-11,13-15,23,25,39H,5,12H2,1-4H3,(H,40,42)(H,43,44)/t23-,25+/m0/s1. The smallest absolute Gasteiger partial charge is 0.408 e. The molecule has 0 bridgehead atoms. The fraction of sp³-hybridized carbons (Fsp3) is 0.290. The molecule has 0 aliphatic heterocycles. The molecule has 232 valence electrons. The van der Waals surface area contributed by atoms with Gasteiger partial charge in [0.25, 0.3) is 5.91 Å². The fourth-order valence-electron chi connectivity index (χ4n) is 4.84. The van der Waals surface area contributed by atoms with Gasteiger partial charge in [-0.1, -0.05) is 25.1 Å². The summed E-state index contributed by atoms with van der Waals surface area (Å²) in [5, 5.41) is 14.6. The van der Waals surface area contributed by atoms with Crippen molar-refractivity contribution in [3.8, 4) is 11.3 Å². The molecule has 4 aromatic rings. The van der Waals surface area contributed by atoms with Crippen LogP contribution in [0.5, 0.6) is 0 Å². The van der Waals surface area contributed by atoms with E-state index >= 15 is 0 Å². The van der Waals surface area contributed by atoms with E-state index in [2.05, 4.69) is 15.3 Å². The summed E-state index contributed by atoms with van der Waals surface area (Å²) in [6, 6.07) is 6.23. The number of nitrogens with zero attached hydrogens (tertiary/aromatic N) is 3. The van der Waals surface area contributed by atoms with E-state index in [1.807, 2.05) is 37.3 Å². The predicted molar refractivity (Wildman–Crippen MR) is 157 cm³/mol. The molecule has 2 aromatic heterocycles. The van der Waals surface area contributed by atoms with Gasteiger partial charge in [0.2, 0.25) is 0 Å². The zero-order chi connectivity index (χ0) is 32.3. The molecular weight excluding hydrogens is 585 g/mol. The maximum Gasteiger partial charge on any atom is 0.408 e. The Morgan fingerprint density at radius 1 is 1.05 bits per heavy atom. The van der Waals surface area contributed by atoms with Crippen LogP contribution in [0.15, 0.2) is 54.9 Å². The van der Waals surface area contributed by atoms with Crippen molar-refractivity contribution in [1.29, 1.82) is 0 Å². The van der Waals surface area contributed by atoms with E-state index in [4.69, 9.17) is 0 Å². The minimum atomic E-state index is -4.67. The van der Waals surface area contributed by atoms with Gasteiger partial charge in [-0.05, 0) is 48.7 Å². The van der Waals surface area contributed by atoms with Crippen molar-refractivity contribution in [1.82, 2.24) is 15.3 Å². The number of aryl methyl sites for hydroxylation is 1. The first-order valence-corrected chi connectivity index (χ1v) is 13.6. The van der Waals surface area contributed by atoms with Crippen molar-refractivity contribution < 1.29 is 36.6 Å². The molecule has 0 saturated carbocycles. The van der Waals surface area contributed by atoms with Gasteiger partial charge in [-0.25, -0.2) is 13.6 Å². The molecule has 0 saturated heterocycles. The third-order valence-electron chi connectivity index (χ3n) is 7.04. The number of benzene rings is 2. The first kappa shape index (κ1) is 32.1. The molecule has 4 rings (SSSR count). The Morgan fingerprint density at radius 3 is 2.32 bits per heavy atom. The molecule has 0 unspecified atom stereocenters. The van der Waals surface area contributed by atoms with Gasteiger partial charge >= 0.3 is 12.1 Å². The Balaban J connectivity index is 1.64. The highest BCUT2D eigenvalue weighted by molar-refractivity contribution is 5.99. The summed E-state index contributed by atoms with van der Waals surface area (Å²) in [6.45, 7) is 3.17. The summed E-state index contributed by atoms with van der Waals surface area (Å²) in [6.07, 6.45) is -2.04. The molecule has 1 amide bonds. The number of carboxylic acid groups (broad SMARTS) is 1. The van der Waals surface area contributed by atoms with E-state index in [-0.39, 0.29) is 6.42 Å². The number of anilines is 2. The number of carbonyl (C=O) groups is 2. The summed E-state index contributed by atoms with van der Waals surface area (Å²) in [5.41, 5.74) is 2.53. The SMILES string of the molecule is CC[C@@H](Nc1cc(F)c(C(=O)N[C@@H](Cc2ccc(-c3ncc(C)cc3N(C)C)c3ncccc23)C(=O)O)c(F)c1)C(F)(F)F. The molecule has 44 heavy (non-hydrogen) atoms. The molecular formula is C31H30F5N5O3. The Kier molecular flexibility index (Phi) is 9.36. The number of amides is 1. The van der Waals surface area contributed by atoms with Crippen LogP contribution in [0.25, 0.3) is 22.2 Å². The molecule has 0 fully saturated rings. The number of halogens is 5. The number of hydrogen-bond donors (Lipinski definition) is 3. The van der Waals surface area contributed by atoms with Gasteiger partial charge in [0.05, 0.1) is 16.9 Å². The maximum atomic E-state index is 14.8. The average molecular weight is 616 g/mol. The fourth-order valence-corrected chi connectivity index (χ4v) is 4.84. The molecule has 0 radical (unpaired) electrons. The van der Waals surface area contributed by atoms with Crippen molar-refractivity contribution >= 4 is 34.2 Å². The zero-order valence-corrected chi connectivity index (χ0v) is 24.3. The summed E-state index contributed by atoms with van der Waals surface area (Å²) in [4.78, 5) is 36.1. The lowest BCUT2D eigenvalue weighted by Crippen LogP contribution is -2.43. The summed E-state index contributed by atoms with van der Waals surface area (Å²) < 4.78 is 69.0. The topological polar surface area (TPSA) is 107 Å². The second-order valence-corrected chi connectivity index (χ2v) is 10.5. The van der Waals surface area contributed by atoms with Crippen molar-refractivity contribution in [2.45, 2.75) is 44.9 Å². The van der Waals surface area contributed by atoms with Crippen LogP contribution in [-0.2, 0) is 11.2 Å². The number of rotatable bonds is 10. The number of aliphatic carboxylic acids is 1. The second-order valence-electron chi connectivity index (χ2n) is 10.5. The molecule has 3 N–H and O–H groups in total. The number of nitrogens with one attached hydrogen (secondary N) is 2. The van der Waals surface area contributed by atoms with Crippen LogP contribution in [0.1, 0.15) is 34.8 Å². The van der Waals surface area contributed by atoms with Crippen LogP contribution in [0, 0.1) is 18.6 Å². The lowest BCUT2D eigenvalue weighted by molar-refractivity contribution is -0.143. The zero-order valence-electron chi connectivity index (χ0n) is 24.3. The van der Waals surface area contributed by atoms with Gasteiger partial charge in [0.1, 0.15) is 29.3 Å². The third-order valence-corrected chi connectivity index (χ3v) is 7.04. The molecule has 0 aliphatic rings. The Bertz CT molecular complexity index is 1690. The minimum absolute atomic E-state index is 0.266. The van der Waals surface area contributed by atoms with E-state index in [9.17, 15) is 36.6 Å². The van der Waals surface area contributed by atoms with Crippen LogP contribution >= 0.6 is 0 Å². The maximum absolute atomic E-state index is 14.8. The van der Waals surface area contributed by atoms with E-state index < -0.39 is 59.4 Å². The first-order valence-electron chi connectivity index (χ1n) is 13.6. The highest BCUT2D eigenvalue weighted by Crippen LogP contribution is 2.35. The highest BCUT2D eigenvalue weighted by atomic mass is 19.4. The van der Waals surface area contributed by atoms with Crippen molar-refractivity contribution in [3.05, 3.63) is 83.2 Å². The van der Waals surface area contributed by atoms with E-state index in [1.165, 1.54) is 6.92 Å². The monoisotopic (exact) mass is 615 g/mol. The van der Waals surface area contributed by atoms with Gasteiger partial charge in [-0.3, -0.25) is 14.8 Å². The van der Waals surface area contributed by atoms with Gasteiger partial charge in [-0.2, -0.15) is 13.2 Å². The lowest BCUT2D eigenvalue weighted by Gasteiger charge is -2.22. The number of aromatic nitrogens is 2. The molecule has 2 atom stereocenters. The number of alkyl halides is 3. The lowest BCUT2D eigenvalue weighted by atomic mass is 9.96. The molecule has 0 spiro atoms. The number of carbonyl (C=O) groups excluding carboxylic acids is 1. The summed E-state index contributed by atoms with van der Waals surface area (Å²) in [7, 11) is 3.76. The van der Waals surface area contributed by atoms with E-state index in [1.54, 1.807) is 36.7 Å². The summed E-state index contributed by atoms with van der Waals surface area (Å²) in [5.74, 6) is -5.75. The van der Waals surface area contributed by atoms with E-state index in [0.29, 0.717) is 39.9 Å². The van der Waals surface area contributed by atoms with Crippen LogP contribution in [-0.4, -0.2) is 59.3 Å². The molecule has 8 nitrogen and oxygen atoms in total. The van der Waals surface area contributed by atoms with Crippen molar-refractivity contribution in [2.24, 2.45) is 0 Å². The molecule has 13 heteroatoms. The Morgan fingerprint density at radius 2 is 1.73 bits per heavy atom. The Hall–Kier alpha value is -4.81. The minimum Gasteiger partial charge on any atom is -0.480 e. The van der Waals surface area contributed by atoms with Crippen LogP contribution in [0.3, 0.4) is 0 Å². The predicted octanol–water partition coefficient (Wildman–Crippen LogP) is 6.13. The largest absolute Gasteiger partial charge is 0.480 e. The van der Waals surface area contributed by atoms with Crippen LogP contribution in [0.2, 0.25) is 0 Å². The number of hydrogen-bond acceptors (Lipinski definition) is 6.